The van der Waals surface area contributed by atoms with Gasteiger partial charge < -0.3 is 10.6 Å². The SMILES string of the molecule is C=CN(CC[SiH](C)C)c1ccc(N)cc1. The minimum absolute atomic E-state index is 0.488. The molecule has 0 bridgehead atoms. The lowest BCUT2D eigenvalue weighted by molar-refractivity contribution is 1.01. The van der Waals surface area contributed by atoms with E-state index in [0.29, 0.717) is 0 Å². The topological polar surface area (TPSA) is 29.3 Å². The Bertz CT molecular complexity index is 306. The quantitative estimate of drug-likeness (QED) is 0.610. The van der Waals surface area contributed by atoms with Gasteiger partial charge in [0.2, 0.25) is 0 Å². The first kappa shape index (κ1) is 11.8. The number of nitrogen functional groups attached to an aromatic ring is 1. The Labute approximate surface area is 94.0 Å². The lowest BCUT2D eigenvalue weighted by Crippen LogP contribution is -2.20. The molecule has 0 fully saturated rings. The van der Waals surface area contributed by atoms with Crippen LogP contribution < -0.4 is 10.6 Å². The highest BCUT2D eigenvalue weighted by molar-refractivity contribution is 6.55. The molecule has 0 amide bonds. The summed E-state index contributed by atoms with van der Waals surface area (Å²) in [4.78, 5) is 2.19. The molecular formula is C12H20N2Si. The fourth-order valence-electron chi connectivity index (χ4n) is 1.39. The summed E-state index contributed by atoms with van der Waals surface area (Å²) in [6.45, 7) is 9.65. The molecule has 82 valence electrons. The molecule has 0 unspecified atom stereocenters. The van der Waals surface area contributed by atoms with Crippen LogP contribution in [0.3, 0.4) is 0 Å². The van der Waals surface area contributed by atoms with E-state index in [1.165, 1.54) is 11.7 Å². The largest absolute Gasteiger partial charge is 0.399 e. The molecule has 3 heteroatoms. The highest BCUT2D eigenvalue weighted by Gasteiger charge is 2.03. The number of hydrogen-bond donors (Lipinski definition) is 1. The second-order valence-corrected chi connectivity index (χ2v) is 7.52. The van der Waals surface area contributed by atoms with Gasteiger partial charge >= 0.3 is 0 Å². The maximum Gasteiger partial charge on any atom is 0.0407 e. The van der Waals surface area contributed by atoms with E-state index < -0.39 is 8.80 Å². The molecule has 0 aromatic heterocycles. The van der Waals surface area contributed by atoms with Crippen molar-refractivity contribution in [2.45, 2.75) is 19.1 Å². The van der Waals surface area contributed by atoms with Crippen molar-refractivity contribution in [2.24, 2.45) is 0 Å². The molecule has 0 aliphatic rings. The molecule has 1 aromatic rings. The number of nitrogens with zero attached hydrogens (tertiary/aromatic N) is 1. The molecule has 0 aliphatic heterocycles. The third-order valence-electron chi connectivity index (χ3n) is 2.39. The molecular weight excluding hydrogens is 200 g/mol. The Kier molecular flexibility index (Phi) is 4.43. The van der Waals surface area contributed by atoms with Crippen LogP contribution >= 0.6 is 0 Å². The van der Waals surface area contributed by atoms with Crippen molar-refractivity contribution in [2.75, 3.05) is 17.2 Å². The van der Waals surface area contributed by atoms with Crippen LogP contribution in [0.25, 0.3) is 0 Å². The van der Waals surface area contributed by atoms with Crippen LogP contribution in [-0.2, 0) is 0 Å². The summed E-state index contributed by atoms with van der Waals surface area (Å²) >= 11 is 0. The zero-order chi connectivity index (χ0) is 11.3. The molecule has 0 saturated carbocycles. The van der Waals surface area contributed by atoms with Crippen LogP contribution in [0.1, 0.15) is 0 Å². The zero-order valence-electron chi connectivity index (χ0n) is 9.61. The summed E-state index contributed by atoms with van der Waals surface area (Å²) in [5, 5.41) is 0. The molecule has 2 N–H and O–H groups in total. The highest BCUT2D eigenvalue weighted by atomic mass is 28.3. The molecule has 0 aliphatic carbocycles. The van der Waals surface area contributed by atoms with Crippen LogP contribution in [0.2, 0.25) is 19.1 Å². The summed E-state index contributed by atoms with van der Waals surface area (Å²) in [5.41, 5.74) is 7.63. The number of nitrogens with two attached hydrogens (primary N) is 1. The maximum atomic E-state index is 5.65. The number of anilines is 2. The maximum absolute atomic E-state index is 5.65. The van der Waals surface area contributed by atoms with Gasteiger partial charge in [-0.05, 0) is 36.5 Å². The summed E-state index contributed by atoms with van der Waals surface area (Å²) in [7, 11) is -0.488. The van der Waals surface area contributed by atoms with Gasteiger partial charge in [-0.15, -0.1) is 0 Å². The highest BCUT2D eigenvalue weighted by Crippen LogP contribution is 2.17. The van der Waals surface area contributed by atoms with Crippen molar-refractivity contribution >= 4 is 20.2 Å². The molecule has 0 saturated heterocycles. The fourth-order valence-corrected chi connectivity index (χ4v) is 2.18. The Morgan fingerprint density at radius 1 is 1.33 bits per heavy atom. The molecule has 2 nitrogen and oxygen atoms in total. The van der Waals surface area contributed by atoms with E-state index in [-0.39, 0.29) is 0 Å². The lowest BCUT2D eigenvalue weighted by Gasteiger charge is -2.21. The first-order chi connectivity index (χ1) is 7.13. The molecule has 15 heavy (non-hydrogen) atoms. The van der Waals surface area contributed by atoms with E-state index in [0.717, 1.165) is 12.2 Å². The Morgan fingerprint density at radius 3 is 2.40 bits per heavy atom. The zero-order valence-corrected chi connectivity index (χ0v) is 10.8. The average Bonchev–Trinajstić information content (AvgIpc) is 2.21. The third kappa shape index (κ3) is 3.79. The van der Waals surface area contributed by atoms with Crippen molar-refractivity contribution in [3.63, 3.8) is 0 Å². The number of benzene rings is 1. The Hall–Kier alpha value is -1.22. The summed E-state index contributed by atoms with van der Waals surface area (Å²) in [6.07, 6.45) is 1.89. The average molecular weight is 220 g/mol. The fraction of sp³-hybridized carbons (Fsp3) is 0.333. The van der Waals surface area contributed by atoms with Gasteiger partial charge in [-0.2, -0.15) is 0 Å². The van der Waals surface area contributed by atoms with Crippen molar-refractivity contribution in [1.82, 2.24) is 0 Å². The molecule has 1 aromatic carbocycles. The number of hydrogen-bond acceptors (Lipinski definition) is 2. The van der Waals surface area contributed by atoms with Crippen LogP contribution in [0.5, 0.6) is 0 Å². The standard InChI is InChI=1S/C12H20N2Si/c1-4-14(9-10-15(2)3)12-7-5-11(13)6-8-12/h4-8,15H,1,9-10,13H2,2-3H3. The van der Waals surface area contributed by atoms with Crippen LogP contribution in [0.15, 0.2) is 37.0 Å². The monoisotopic (exact) mass is 220 g/mol. The second-order valence-electron chi connectivity index (χ2n) is 4.15. The molecule has 1 rings (SSSR count). The predicted molar refractivity (Wildman–Crippen MR) is 72.1 cm³/mol. The van der Waals surface area contributed by atoms with Crippen LogP contribution in [0, 0.1) is 0 Å². The third-order valence-corrected chi connectivity index (χ3v) is 3.81. The van der Waals surface area contributed by atoms with Gasteiger partial charge in [0, 0.05) is 26.7 Å². The predicted octanol–water partition coefficient (Wildman–Crippen LogP) is 2.71. The van der Waals surface area contributed by atoms with E-state index in [1.807, 2.05) is 30.5 Å². The molecule has 0 atom stereocenters. The van der Waals surface area contributed by atoms with E-state index in [1.54, 1.807) is 0 Å². The van der Waals surface area contributed by atoms with Crippen molar-refractivity contribution in [3.8, 4) is 0 Å². The van der Waals surface area contributed by atoms with Gasteiger partial charge in [-0.1, -0.05) is 19.7 Å². The molecule has 0 heterocycles. The van der Waals surface area contributed by atoms with Gasteiger partial charge in [0.15, 0.2) is 0 Å². The van der Waals surface area contributed by atoms with Gasteiger partial charge in [-0.25, -0.2) is 0 Å². The van der Waals surface area contributed by atoms with E-state index >= 15 is 0 Å². The minimum atomic E-state index is -0.488. The molecule has 0 spiro atoms. The second kappa shape index (κ2) is 5.61. The van der Waals surface area contributed by atoms with Crippen molar-refractivity contribution in [1.29, 1.82) is 0 Å². The van der Waals surface area contributed by atoms with Crippen molar-refractivity contribution < 1.29 is 0 Å². The summed E-state index contributed by atoms with van der Waals surface area (Å²) in [5.74, 6) is 0. The van der Waals surface area contributed by atoms with E-state index in [2.05, 4.69) is 24.6 Å². The summed E-state index contributed by atoms with van der Waals surface area (Å²) < 4.78 is 0. The van der Waals surface area contributed by atoms with Crippen LogP contribution in [-0.4, -0.2) is 15.3 Å². The smallest absolute Gasteiger partial charge is 0.0407 e. The number of rotatable bonds is 5. The first-order valence-electron chi connectivity index (χ1n) is 5.38. The van der Waals surface area contributed by atoms with Crippen LogP contribution in [0.4, 0.5) is 11.4 Å². The summed E-state index contributed by atoms with van der Waals surface area (Å²) in [6, 6.07) is 9.24. The van der Waals surface area contributed by atoms with Gasteiger partial charge in [0.1, 0.15) is 0 Å². The van der Waals surface area contributed by atoms with Gasteiger partial charge in [-0.3, -0.25) is 0 Å². The van der Waals surface area contributed by atoms with E-state index in [9.17, 15) is 0 Å². The minimum Gasteiger partial charge on any atom is -0.399 e. The molecule has 0 radical (unpaired) electrons. The van der Waals surface area contributed by atoms with Gasteiger partial charge in [0.05, 0.1) is 0 Å². The first-order valence-corrected chi connectivity index (χ1v) is 8.51. The normalized spacial score (nSPS) is 10.3. The van der Waals surface area contributed by atoms with Gasteiger partial charge in [0.25, 0.3) is 0 Å². The Balaban J connectivity index is 2.65. The lowest BCUT2D eigenvalue weighted by atomic mass is 10.2. The van der Waals surface area contributed by atoms with E-state index in [4.69, 9.17) is 5.73 Å². The Morgan fingerprint density at radius 2 is 1.93 bits per heavy atom. The van der Waals surface area contributed by atoms with Crippen molar-refractivity contribution in [3.05, 3.63) is 37.0 Å².